The van der Waals surface area contributed by atoms with Gasteiger partial charge in [0.25, 0.3) is 5.91 Å². The first-order valence-electron chi connectivity index (χ1n) is 13.6. The molecule has 0 atom stereocenters. The highest BCUT2D eigenvalue weighted by atomic mass is 19.1. The Morgan fingerprint density at radius 3 is 2.70 bits per heavy atom. The Kier molecular flexibility index (Phi) is 6.67. The number of urea groups is 1. The van der Waals surface area contributed by atoms with Crippen molar-refractivity contribution >= 4 is 40.0 Å². The Bertz CT molecular complexity index is 1540. The molecule has 1 aliphatic carbocycles. The first-order valence-corrected chi connectivity index (χ1v) is 13.6. The average Bonchev–Trinajstić information content (AvgIpc) is 2.93. The second-order valence-corrected chi connectivity index (χ2v) is 10.5. The Hall–Kier alpha value is -4.37. The van der Waals surface area contributed by atoms with Crippen LogP contribution in [-0.2, 0) is 6.54 Å². The number of pyridine rings is 1. The molecule has 0 unspecified atom stereocenters. The molecule has 2 aromatic heterocycles. The van der Waals surface area contributed by atoms with Crippen molar-refractivity contribution < 1.29 is 14.0 Å². The summed E-state index contributed by atoms with van der Waals surface area (Å²) in [5, 5.41) is 15.1. The number of carbonyl (C=O) groups excluding carboxylic acids is 2. The summed E-state index contributed by atoms with van der Waals surface area (Å²) < 4.78 is 15.6. The minimum absolute atomic E-state index is 0.0288. The first-order chi connectivity index (χ1) is 19.4. The van der Waals surface area contributed by atoms with Gasteiger partial charge < -0.3 is 15.5 Å². The zero-order valence-corrected chi connectivity index (χ0v) is 22.4. The maximum atomic E-state index is 15.6. The van der Waals surface area contributed by atoms with Gasteiger partial charge in [-0.2, -0.15) is 5.26 Å². The fourth-order valence-corrected chi connectivity index (χ4v) is 5.74. The smallest absolute Gasteiger partial charge is 0.327 e. The predicted molar refractivity (Wildman–Crippen MR) is 148 cm³/mol. The van der Waals surface area contributed by atoms with Crippen molar-refractivity contribution in [1.29, 1.82) is 5.26 Å². The van der Waals surface area contributed by atoms with Crippen molar-refractivity contribution in [3.05, 3.63) is 47.3 Å². The van der Waals surface area contributed by atoms with Crippen LogP contribution in [0.15, 0.2) is 24.5 Å². The van der Waals surface area contributed by atoms with Crippen LogP contribution >= 0.6 is 0 Å². The van der Waals surface area contributed by atoms with Gasteiger partial charge in [0.2, 0.25) is 0 Å². The molecule has 2 N–H and O–H groups in total. The molecule has 12 heteroatoms. The molecule has 206 valence electrons. The molecule has 1 saturated carbocycles. The van der Waals surface area contributed by atoms with Crippen molar-refractivity contribution in [2.24, 2.45) is 5.92 Å². The lowest BCUT2D eigenvalue weighted by Crippen LogP contribution is -2.46. The number of nitriles is 1. The number of amides is 3. The van der Waals surface area contributed by atoms with Gasteiger partial charge in [0, 0.05) is 50.9 Å². The molecule has 3 amide bonds. The lowest BCUT2D eigenvalue weighted by Gasteiger charge is -2.37. The fourth-order valence-electron chi connectivity index (χ4n) is 5.74. The number of anilines is 3. The van der Waals surface area contributed by atoms with Gasteiger partial charge in [-0.1, -0.05) is 0 Å². The number of halogens is 1. The van der Waals surface area contributed by atoms with Gasteiger partial charge in [-0.25, -0.2) is 24.1 Å². The topological polar surface area (TPSA) is 130 Å². The van der Waals surface area contributed by atoms with E-state index in [0.717, 1.165) is 24.5 Å². The molecule has 1 saturated heterocycles. The number of nitrogens with zero attached hydrogens (tertiary/aromatic N) is 7. The van der Waals surface area contributed by atoms with E-state index in [2.05, 4.69) is 41.5 Å². The molecule has 40 heavy (non-hydrogen) atoms. The normalized spacial score (nSPS) is 20.6. The number of rotatable bonds is 6. The van der Waals surface area contributed by atoms with Crippen LogP contribution in [0.3, 0.4) is 0 Å². The van der Waals surface area contributed by atoms with Crippen LogP contribution in [0, 0.1) is 30.0 Å². The summed E-state index contributed by atoms with van der Waals surface area (Å²) in [4.78, 5) is 44.2. The maximum Gasteiger partial charge on any atom is 0.327 e. The largest absolute Gasteiger partial charge is 0.368 e. The van der Waals surface area contributed by atoms with E-state index >= 15 is 4.39 Å². The van der Waals surface area contributed by atoms with Crippen molar-refractivity contribution in [2.45, 2.75) is 39.3 Å². The highest BCUT2D eigenvalue weighted by Crippen LogP contribution is 2.38. The molecule has 4 heterocycles. The summed E-state index contributed by atoms with van der Waals surface area (Å²) in [5.74, 6) is -0.211. The third-order valence-electron chi connectivity index (χ3n) is 8.02. The average molecular weight is 544 g/mol. The summed E-state index contributed by atoms with van der Waals surface area (Å²) in [6.45, 7) is 7.41. The number of aryl methyl sites for hydroxylation is 1. The first kappa shape index (κ1) is 25.9. The van der Waals surface area contributed by atoms with Crippen LogP contribution < -0.4 is 20.4 Å². The third kappa shape index (κ3) is 4.56. The number of carbonyl (C=O) groups is 2. The van der Waals surface area contributed by atoms with E-state index in [1.807, 2.05) is 19.9 Å². The van der Waals surface area contributed by atoms with Crippen molar-refractivity contribution in [1.82, 2.24) is 25.2 Å². The molecule has 3 aliphatic rings. The van der Waals surface area contributed by atoms with Gasteiger partial charge in [0.15, 0.2) is 5.82 Å². The van der Waals surface area contributed by atoms with E-state index in [9.17, 15) is 9.59 Å². The van der Waals surface area contributed by atoms with Crippen LogP contribution in [0.1, 0.15) is 41.5 Å². The predicted octanol–water partition coefficient (Wildman–Crippen LogP) is 3.20. The van der Waals surface area contributed by atoms with Gasteiger partial charge in [-0.15, -0.1) is 0 Å². The molecule has 1 aromatic carbocycles. The monoisotopic (exact) mass is 543 g/mol. The Labute approximate surface area is 231 Å². The minimum Gasteiger partial charge on any atom is -0.368 e. The number of hydrogen-bond acceptors (Lipinski definition) is 8. The summed E-state index contributed by atoms with van der Waals surface area (Å²) in [6.07, 6.45) is 2.79. The molecule has 11 nitrogen and oxygen atoms in total. The maximum absolute atomic E-state index is 15.6. The highest BCUT2D eigenvalue weighted by molar-refractivity contribution is 6.17. The van der Waals surface area contributed by atoms with Crippen LogP contribution in [-0.4, -0.2) is 70.6 Å². The summed E-state index contributed by atoms with van der Waals surface area (Å²) >= 11 is 0. The molecular formula is C28H30FN9O2. The number of piperazine rings is 1. The molecule has 0 bridgehead atoms. The molecule has 3 aromatic rings. The van der Waals surface area contributed by atoms with Gasteiger partial charge in [0.1, 0.15) is 17.8 Å². The van der Waals surface area contributed by atoms with E-state index in [0.29, 0.717) is 67.0 Å². The lowest BCUT2D eigenvalue weighted by molar-refractivity contribution is 0.0899. The Morgan fingerprint density at radius 2 is 2.00 bits per heavy atom. The van der Waals surface area contributed by atoms with E-state index < -0.39 is 11.8 Å². The van der Waals surface area contributed by atoms with Crippen LogP contribution in [0.25, 0.3) is 10.9 Å². The van der Waals surface area contributed by atoms with Crippen molar-refractivity contribution in [2.75, 3.05) is 47.8 Å². The van der Waals surface area contributed by atoms with Crippen LogP contribution in [0.2, 0.25) is 0 Å². The number of hydrogen-bond donors (Lipinski definition) is 2. The van der Waals surface area contributed by atoms with E-state index in [-0.39, 0.29) is 23.6 Å². The number of aromatic nitrogens is 3. The zero-order chi connectivity index (χ0) is 28.0. The van der Waals surface area contributed by atoms with E-state index in [4.69, 9.17) is 5.26 Å². The SMILES string of the molecule is CCN1C(=O)Nc2c(F)c(CN3CCN(c4ccc(C(=O)N[C@H]5C[C@@H](C#N)C5)nc4C)CC3)cc3ncnc1c23. The third-order valence-corrected chi connectivity index (χ3v) is 8.02. The van der Waals surface area contributed by atoms with Crippen LogP contribution in [0.4, 0.5) is 26.4 Å². The summed E-state index contributed by atoms with van der Waals surface area (Å²) in [6, 6.07) is 7.28. The van der Waals surface area contributed by atoms with Crippen molar-refractivity contribution in [3.8, 4) is 6.07 Å². The molecule has 6 rings (SSSR count). The van der Waals surface area contributed by atoms with Crippen LogP contribution in [0.5, 0.6) is 0 Å². The Morgan fingerprint density at radius 1 is 1.23 bits per heavy atom. The van der Waals surface area contributed by atoms with Gasteiger partial charge >= 0.3 is 6.03 Å². The minimum atomic E-state index is -0.450. The van der Waals surface area contributed by atoms with Gasteiger partial charge in [-0.05, 0) is 44.9 Å². The highest BCUT2D eigenvalue weighted by Gasteiger charge is 2.32. The number of benzene rings is 1. The zero-order valence-electron chi connectivity index (χ0n) is 22.4. The Balaban J connectivity index is 1.12. The molecule has 2 aliphatic heterocycles. The standard InChI is InChI=1S/C28H30FN9O2/c1-3-38-26-23-21(31-15-32-26)12-18(24(29)25(23)35-28(38)40)14-36-6-8-37(9-7-36)22-5-4-20(33-16(22)2)27(39)34-19-10-17(11-19)13-30/h4-5,12,15,17,19H,3,6-11,14H2,1-2H3,(H,34,39)(H,35,40)/t17-,19+. The molecule has 2 fully saturated rings. The van der Waals surface area contributed by atoms with Gasteiger partial charge in [0.05, 0.1) is 40.0 Å². The summed E-state index contributed by atoms with van der Waals surface area (Å²) in [7, 11) is 0. The second-order valence-electron chi connectivity index (χ2n) is 10.5. The van der Waals surface area contributed by atoms with E-state index in [1.54, 1.807) is 12.1 Å². The lowest BCUT2D eigenvalue weighted by atomic mass is 9.81. The molecule has 0 radical (unpaired) electrons. The fraction of sp³-hybridized carbons (Fsp3) is 0.429. The van der Waals surface area contributed by atoms with Crippen molar-refractivity contribution in [3.63, 3.8) is 0 Å². The quantitative estimate of drug-likeness (QED) is 0.485. The second kappa shape index (κ2) is 10.3. The molecule has 0 spiro atoms. The van der Waals surface area contributed by atoms with E-state index in [1.165, 1.54) is 11.2 Å². The van der Waals surface area contributed by atoms with Gasteiger partial charge in [-0.3, -0.25) is 14.6 Å². The number of nitrogens with one attached hydrogen (secondary N) is 2. The molecular weight excluding hydrogens is 513 g/mol. The summed E-state index contributed by atoms with van der Waals surface area (Å²) in [5.41, 5.74) is 3.34.